The molecule has 0 atom stereocenters. The average molecular weight is 450 g/mol. The summed E-state index contributed by atoms with van der Waals surface area (Å²) in [4.78, 5) is 44.9. The SMILES string of the molecule is Cc1nc2c(C(N)=O)cnn2c(C)c1CCC(=O)N1CCN(C(=O)c2ccccc2O)CC1. The second-order valence-corrected chi connectivity index (χ2v) is 8.11. The normalized spacial score (nSPS) is 14.0. The van der Waals surface area contributed by atoms with E-state index in [-0.39, 0.29) is 28.7 Å². The van der Waals surface area contributed by atoms with Gasteiger partial charge in [-0.15, -0.1) is 0 Å². The number of nitrogens with zero attached hydrogens (tertiary/aromatic N) is 5. The number of aryl methyl sites for hydroxylation is 2. The molecule has 3 N–H and O–H groups in total. The molecule has 0 radical (unpaired) electrons. The van der Waals surface area contributed by atoms with E-state index >= 15 is 0 Å². The third kappa shape index (κ3) is 4.23. The molecule has 0 unspecified atom stereocenters. The molecule has 10 heteroatoms. The Morgan fingerprint density at radius 3 is 2.36 bits per heavy atom. The highest BCUT2D eigenvalue weighted by molar-refractivity contribution is 5.98. The maximum absolute atomic E-state index is 12.8. The van der Waals surface area contributed by atoms with E-state index in [2.05, 4.69) is 10.1 Å². The molecule has 172 valence electrons. The first-order valence-corrected chi connectivity index (χ1v) is 10.8. The number of phenols is 1. The van der Waals surface area contributed by atoms with Crippen molar-refractivity contribution < 1.29 is 19.5 Å². The molecule has 1 saturated heterocycles. The molecule has 1 aliphatic heterocycles. The molecule has 2 aromatic heterocycles. The zero-order valence-electron chi connectivity index (χ0n) is 18.6. The highest BCUT2D eigenvalue weighted by atomic mass is 16.3. The number of amides is 3. The van der Waals surface area contributed by atoms with Crippen molar-refractivity contribution in [3.63, 3.8) is 0 Å². The Morgan fingerprint density at radius 1 is 1.03 bits per heavy atom. The lowest BCUT2D eigenvalue weighted by Gasteiger charge is -2.35. The van der Waals surface area contributed by atoms with Gasteiger partial charge >= 0.3 is 0 Å². The van der Waals surface area contributed by atoms with Crippen LogP contribution < -0.4 is 5.73 Å². The van der Waals surface area contributed by atoms with Crippen LogP contribution in [0.15, 0.2) is 30.5 Å². The van der Waals surface area contributed by atoms with Gasteiger partial charge in [0.25, 0.3) is 11.8 Å². The zero-order chi connectivity index (χ0) is 23.7. The Bertz CT molecular complexity index is 1240. The van der Waals surface area contributed by atoms with Crippen LogP contribution in [0.2, 0.25) is 0 Å². The minimum atomic E-state index is -0.584. The van der Waals surface area contributed by atoms with Crippen molar-refractivity contribution in [3.8, 4) is 5.75 Å². The van der Waals surface area contributed by atoms with Gasteiger partial charge in [0, 0.05) is 44.0 Å². The number of primary amides is 1. The second-order valence-electron chi connectivity index (χ2n) is 8.11. The minimum absolute atomic E-state index is 0.00171. The van der Waals surface area contributed by atoms with E-state index in [0.29, 0.717) is 44.7 Å². The summed E-state index contributed by atoms with van der Waals surface area (Å²) >= 11 is 0. The fourth-order valence-corrected chi connectivity index (χ4v) is 4.22. The molecule has 0 saturated carbocycles. The molecule has 3 aromatic rings. The number of hydrogen-bond donors (Lipinski definition) is 2. The van der Waals surface area contributed by atoms with Gasteiger partial charge in [0.15, 0.2) is 5.65 Å². The van der Waals surface area contributed by atoms with Crippen LogP contribution in [0.3, 0.4) is 0 Å². The first-order chi connectivity index (χ1) is 15.8. The third-order valence-corrected chi connectivity index (χ3v) is 6.12. The molecule has 1 aromatic carbocycles. The van der Waals surface area contributed by atoms with E-state index in [1.54, 1.807) is 32.5 Å². The number of piperazine rings is 1. The third-order valence-electron chi connectivity index (χ3n) is 6.12. The van der Waals surface area contributed by atoms with E-state index in [0.717, 1.165) is 17.0 Å². The van der Waals surface area contributed by atoms with Crippen molar-refractivity contribution >= 4 is 23.4 Å². The summed E-state index contributed by atoms with van der Waals surface area (Å²) in [6.45, 7) is 5.42. The van der Waals surface area contributed by atoms with E-state index in [1.165, 1.54) is 12.3 Å². The van der Waals surface area contributed by atoms with Crippen molar-refractivity contribution in [2.45, 2.75) is 26.7 Å². The Balaban J connectivity index is 1.38. The number of benzene rings is 1. The van der Waals surface area contributed by atoms with Gasteiger partial charge in [0.1, 0.15) is 11.3 Å². The molecule has 1 aliphatic rings. The maximum atomic E-state index is 12.8. The summed E-state index contributed by atoms with van der Waals surface area (Å²) in [5, 5.41) is 14.1. The minimum Gasteiger partial charge on any atom is -0.507 e. The summed E-state index contributed by atoms with van der Waals surface area (Å²) in [6, 6.07) is 6.46. The van der Waals surface area contributed by atoms with Crippen LogP contribution in [-0.2, 0) is 11.2 Å². The van der Waals surface area contributed by atoms with Crippen LogP contribution in [0.1, 0.15) is 44.1 Å². The van der Waals surface area contributed by atoms with Gasteiger partial charge < -0.3 is 20.6 Å². The lowest BCUT2D eigenvalue weighted by Crippen LogP contribution is -2.50. The number of hydrogen-bond acceptors (Lipinski definition) is 6. The van der Waals surface area contributed by atoms with Gasteiger partial charge in [-0.3, -0.25) is 14.4 Å². The smallest absolute Gasteiger partial charge is 0.257 e. The molecule has 3 heterocycles. The topological polar surface area (TPSA) is 134 Å². The monoisotopic (exact) mass is 450 g/mol. The largest absolute Gasteiger partial charge is 0.507 e. The summed E-state index contributed by atoms with van der Waals surface area (Å²) < 4.78 is 1.58. The van der Waals surface area contributed by atoms with E-state index in [9.17, 15) is 19.5 Å². The first-order valence-electron chi connectivity index (χ1n) is 10.8. The first kappa shape index (κ1) is 22.3. The molecule has 10 nitrogen and oxygen atoms in total. The Kier molecular flexibility index (Phi) is 5.99. The summed E-state index contributed by atoms with van der Waals surface area (Å²) in [7, 11) is 0. The lowest BCUT2D eigenvalue weighted by atomic mass is 10.1. The summed E-state index contributed by atoms with van der Waals surface area (Å²) in [6.07, 6.45) is 2.19. The number of para-hydroxylation sites is 1. The molecule has 0 aliphatic carbocycles. The van der Waals surface area contributed by atoms with Crippen LogP contribution in [0.25, 0.3) is 5.65 Å². The van der Waals surface area contributed by atoms with Crippen LogP contribution in [0.5, 0.6) is 5.75 Å². The van der Waals surface area contributed by atoms with E-state index in [1.807, 2.05) is 13.8 Å². The number of fused-ring (bicyclic) bond motifs is 1. The molecule has 0 spiro atoms. The zero-order valence-corrected chi connectivity index (χ0v) is 18.6. The van der Waals surface area contributed by atoms with Crippen molar-refractivity contribution in [2.24, 2.45) is 5.73 Å². The number of aromatic hydroxyl groups is 1. The van der Waals surface area contributed by atoms with Crippen molar-refractivity contribution in [3.05, 3.63) is 58.5 Å². The Labute approximate surface area is 190 Å². The maximum Gasteiger partial charge on any atom is 0.257 e. The molecular formula is C23H26N6O4. The quantitative estimate of drug-likeness (QED) is 0.597. The Hall–Kier alpha value is -3.95. The van der Waals surface area contributed by atoms with E-state index < -0.39 is 5.91 Å². The number of phenolic OH excluding ortho intramolecular Hbond substituents is 1. The van der Waals surface area contributed by atoms with Crippen LogP contribution in [0, 0.1) is 13.8 Å². The second kappa shape index (κ2) is 8.89. The summed E-state index contributed by atoms with van der Waals surface area (Å²) in [5.74, 6) is -0.862. The predicted octanol–water partition coefficient (Wildman–Crippen LogP) is 1.07. The van der Waals surface area contributed by atoms with Crippen LogP contribution >= 0.6 is 0 Å². The van der Waals surface area contributed by atoms with Crippen molar-refractivity contribution in [2.75, 3.05) is 26.2 Å². The lowest BCUT2D eigenvalue weighted by molar-refractivity contribution is -0.132. The fraction of sp³-hybridized carbons (Fsp3) is 0.348. The van der Waals surface area contributed by atoms with Crippen molar-refractivity contribution in [1.82, 2.24) is 24.4 Å². The number of carbonyl (C=O) groups excluding carboxylic acids is 3. The van der Waals surface area contributed by atoms with Gasteiger partial charge in [-0.25, -0.2) is 9.50 Å². The molecule has 1 fully saturated rings. The number of rotatable bonds is 5. The number of carbonyl (C=O) groups is 3. The highest BCUT2D eigenvalue weighted by Gasteiger charge is 2.26. The highest BCUT2D eigenvalue weighted by Crippen LogP contribution is 2.21. The van der Waals surface area contributed by atoms with Gasteiger partial charge in [0.05, 0.1) is 11.8 Å². The van der Waals surface area contributed by atoms with Crippen LogP contribution in [-0.4, -0.2) is 73.4 Å². The summed E-state index contributed by atoms with van der Waals surface area (Å²) in [5.41, 5.74) is 8.79. The average Bonchev–Trinajstić information content (AvgIpc) is 3.23. The van der Waals surface area contributed by atoms with Gasteiger partial charge in [-0.05, 0) is 38.0 Å². The Morgan fingerprint density at radius 2 is 1.70 bits per heavy atom. The van der Waals surface area contributed by atoms with Gasteiger partial charge in [-0.1, -0.05) is 12.1 Å². The fourth-order valence-electron chi connectivity index (χ4n) is 4.22. The molecule has 33 heavy (non-hydrogen) atoms. The van der Waals surface area contributed by atoms with Crippen LogP contribution in [0.4, 0.5) is 0 Å². The molecule has 4 rings (SSSR count). The van der Waals surface area contributed by atoms with Gasteiger partial charge in [0.2, 0.25) is 5.91 Å². The van der Waals surface area contributed by atoms with E-state index in [4.69, 9.17) is 5.73 Å². The molecular weight excluding hydrogens is 424 g/mol. The number of aromatic nitrogens is 3. The van der Waals surface area contributed by atoms with Crippen molar-refractivity contribution in [1.29, 1.82) is 0 Å². The predicted molar refractivity (Wildman–Crippen MR) is 120 cm³/mol. The van der Waals surface area contributed by atoms with Gasteiger partial charge in [-0.2, -0.15) is 5.10 Å². The standard InChI is InChI=1S/C23H26N6O4/c1-14-16(15(2)29-22(26-14)18(13-25-29)21(24)32)7-8-20(31)27-9-11-28(12-10-27)23(33)17-5-3-4-6-19(17)30/h3-6,13,30H,7-12H2,1-2H3,(H2,24,32). The molecule has 0 bridgehead atoms. The number of nitrogens with two attached hydrogens (primary N) is 1. The molecule has 3 amide bonds.